The number of imidazole rings is 1. The van der Waals surface area contributed by atoms with Gasteiger partial charge in [-0.05, 0) is 23.9 Å². The lowest BCUT2D eigenvalue weighted by atomic mass is 10.3. The SMILES string of the molecule is COc1cc2nc(Sc3ccccc3N)[nH]c2cc1OC. The van der Waals surface area contributed by atoms with Crippen molar-refractivity contribution in [1.29, 1.82) is 0 Å². The normalized spacial score (nSPS) is 10.8. The van der Waals surface area contributed by atoms with Gasteiger partial charge in [-0.2, -0.15) is 0 Å². The molecule has 0 atom stereocenters. The summed E-state index contributed by atoms with van der Waals surface area (Å²) in [4.78, 5) is 8.78. The van der Waals surface area contributed by atoms with Gasteiger partial charge in [0.1, 0.15) is 0 Å². The van der Waals surface area contributed by atoms with Gasteiger partial charge in [-0.3, -0.25) is 0 Å². The van der Waals surface area contributed by atoms with Crippen LogP contribution in [0.1, 0.15) is 0 Å². The van der Waals surface area contributed by atoms with Crippen molar-refractivity contribution < 1.29 is 9.47 Å². The Labute approximate surface area is 126 Å². The number of aromatic amines is 1. The second kappa shape index (κ2) is 5.57. The average Bonchev–Trinajstić information content (AvgIpc) is 2.89. The van der Waals surface area contributed by atoms with E-state index in [4.69, 9.17) is 15.2 Å². The van der Waals surface area contributed by atoms with E-state index in [1.165, 1.54) is 11.8 Å². The van der Waals surface area contributed by atoms with E-state index in [0.717, 1.165) is 26.8 Å². The van der Waals surface area contributed by atoms with E-state index in [1.54, 1.807) is 14.2 Å². The number of nitrogen functional groups attached to an aromatic ring is 1. The van der Waals surface area contributed by atoms with Crippen molar-refractivity contribution in [3.63, 3.8) is 0 Å². The van der Waals surface area contributed by atoms with Gasteiger partial charge >= 0.3 is 0 Å². The minimum Gasteiger partial charge on any atom is -0.493 e. The van der Waals surface area contributed by atoms with Gasteiger partial charge in [0.15, 0.2) is 16.7 Å². The number of anilines is 1. The van der Waals surface area contributed by atoms with E-state index in [-0.39, 0.29) is 0 Å². The van der Waals surface area contributed by atoms with Gasteiger partial charge in [-0.1, -0.05) is 12.1 Å². The summed E-state index contributed by atoms with van der Waals surface area (Å²) in [5.41, 5.74) is 8.40. The lowest BCUT2D eigenvalue weighted by molar-refractivity contribution is 0.356. The second-order valence-corrected chi connectivity index (χ2v) is 5.44. The molecule has 2 aromatic carbocycles. The predicted octanol–water partition coefficient (Wildman–Crippen LogP) is 3.31. The highest BCUT2D eigenvalue weighted by Crippen LogP contribution is 2.35. The van der Waals surface area contributed by atoms with Crippen LogP contribution in [0.2, 0.25) is 0 Å². The number of nitrogens with zero attached hydrogens (tertiary/aromatic N) is 1. The van der Waals surface area contributed by atoms with E-state index >= 15 is 0 Å². The first-order chi connectivity index (χ1) is 10.2. The van der Waals surface area contributed by atoms with Crippen LogP contribution in [0.15, 0.2) is 46.5 Å². The summed E-state index contributed by atoms with van der Waals surface area (Å²) in [6.45, 7) is 0. The van der Waals surface area contributed by atoms with Crippen LogP contribution in [0.3, 0.4) is 0 Å². The minimum absolute atomic E-state index is 0.660. The molecule has 1 heterocycles. The number of ether oxygens (including phenoxy) is 2. The first kappa shape index (κ1) is 13.6. The Morgan fingerprint density at radius 2 is 1.81 bits per heavy atom. The lowest BCUT2D eigenvalue weighted by Crippen LogP contribution is -1.89. The minimum atomic E-state index is 0.660. The van der Waals surface area contributed by atoms with Crippen molar-refractivity contribution in [1.82, 2.24) is 9.97 Å². The molecule has 0 spiro atoms. The standard InChI is InChI=1S/C15H15N3O2S/c1-19-12-7-10-11(8-13(12)20-2)18-15(17-10)21-14-6-4-3-5-9(14)16/h3-8H,16H2,1-2H3,(H,17,18). The molecule has 0 radical (unpaired) electrons. The van der Waals surface area contributed by atoms with Crippen molar-refractivity contribution in [3.8, 4) is 11.5 Å². The van der Waals surface area contributed by atoms with Crippen molar-refractivity contribution in [3.05, 3.63) is 36.4 Å². The first-order valence-corrected chi connectivity index (χ1v) is 7.17. The number of H-pyrrole nitrogens is 1. The maximum atomic E-state index is 5.95. The molecule has 3 N–H and O–H groups in total. The molecular weight excluding hydrogens is 286 g/mol. The zero-order valence-corrected chi connectivity index (χ0v) is 12.5. The number of para-hydroxylation sites is 1. The van der Waals surface area contributed by atoms with Crippen molar-refractivity contribution >= 4 is 28.5 Å². The Hall–Kier alpha value is -2.34. The molecule has 21 heavy (non-hydrogen) atoms. The van der Waals surface area contributed by atoms with Crippen LogP contribution in [-0.2, 0) is 0 Å². The molecular formula is C15H15N3O2S. The molecule has 3 rings (SSSR count). The second-order valence-electron chi connectivity index (χ2n) is 4.41. The van der Waals surface area contributed by atoms with Gasteiger partial charge in [0.05, 0.1) is 25.3 Å². The number of benzene rings is 2. The summed E-state index contributed by atoms with van der Waals surface area (Å²) in [6, 6.07) is 11.4. The van der Waals surface area contributed by atoms with Gasteiger partial charge in [0.2, 0.25) is 0 Å². The van der Waals surface area contributed by atoms with Crippen LogP contribution in [-0.4, -0.2) is 24.2 Å². The summed E-state index contributed by atoms with van der Waals surface area (Å²) in [7, 11) is 3.22. The zero-order chi connectivity index (χ0) is 14.8. The summed E-state index contributed by atoms with van der Waals surface area (Å²) in [6.07, 6.45) is 0. The largest absolute Gasteiger partial charge is 0.493 e. The maximum Gasteiger partial charge on any atom is 0.171 e. The maximum absolute atomic E-state index is 5.95. The number of hydrogen-bond donors (Lipinski definition) is 2. The molecule has 5 nitrogen and oxygen atoms in total. The Morgan fingerprint density at radius 3 is 2.52 bits per heavy atom. The fourth-order valence-electron chi connectivity index (χ4n) is 2.04. The molecule has 6 heteroatoms. The quantitative estimate of drug-likeness (QED) is 0.723. The van der Waals surface area contributed by atoms with Crippen LogP contribution >= 0.6 is 11.8 Å². The van der Waals surface area contributed by atoms with Gasteiger partial charge < -0.3 is 20.2 Å². The van der Waals surface area contributed by atoms with Crippen LogP contribution in [0.4, 0.5) is 5.69 Å². The number of fused-ring (bicyclic) bond motifs is 1. The molecule has 0 saturated heterocycles. The molecule has 108 valence electrons. The van der Waals surface area contributed by atoms with Gasteiger partial charge in [0.25, 0.3) is 0 Å². The smallest absolute Gasteiger partial charge is 0.171 e. The topological polar surface area (TPSA) is 73.2 Å². The monoisotopic (exact) mass is 301 g/mol. The van der Waals surface area contributed by atoms with Crippen LogP contribution in [0.25, 0.3) is 11.0 Å². The first-order valence-electron chi connectivity index (χ1n) is 6.35. The fourth-order valence-corrected chi connectivity index (χ4v) is 2.89. The third-order valence-corrected chi connectivity index (χ3v) is 4.07. The molecule has 0 fully saturated rings. The van der Waals surface area contributed by atoms with Crippen LogP contribution in [0, 0.1) is 0 Å². The number of nitrogens with two attached hydrogens (primary N) is 1. The molecule has 0 aliphatic carbocycles. The Kier molecular flexibility index (Phi) is 3.62. The Bertz CT molecular complexity index is 745. The molecule has 3 aromatic rings. The van der Waals surface area contributed by atoms with Crippen LogP contribution in [0.5, 0.6) is 11.5 Å². The number of methoxy groups -OCH3 is 2. The molecule has 0 aliphatic rings. The zero-order valence-electron chi connectivity index (χ0n) is 11.7. The molecule has 0 unspecified atom stereocenters. The number of hydrogen-bond acceptors (Lipinski definition) is 5. The number of rotatable bonds is 4. The van der Waals surface area contributed by atoms with Crippen LogP contribution < -0.4 is 15.2 Å². The third-order valence-electron chi connectivity index (χ3n) is 3.09. The molecule has 0 aliphatic heterocycles. The summed E-state index contributed by atoms with van der Waals surface area (Å²) >= 11 is 1.49. The Morgan fingerprint density at radius 1 is 1.10 bits per heavy atom. The average molecular weight is 301 g/mol. The van der Waals surface area contributed by atoms with Gasteiger partial charge in [-0.15, -0.1) is 0 Å². The summed E-state index contributed by atoms with van der Waals surface area (Å²) < 4.78 is 10.6. The lowest BCUT2D eigenvalue weighted by Gasteiger charge is -2.06. The van der Waals surface area contributed by atoms with E-state index in [0.29, 0.717) is 11.5 Å². The number of nitrogens with one attached hydrogen (secondary N) is 1. The van der Waals surface area contributed by atoms with Crippen molar-refractivity contribution in [2.75, 3.05) is 20.0 Å². The highest BCUT2D eigenvalue weighted by molar-refractivity contribution is 7.99. The third kappa shape index (κ3) is 2.62. The van der Waals surface area contributed by atoms with Gasteiger partial charge in [0, 0.05) is 22.7 Å². The molecule has 0 bridgehead atoms. The highest BCUT2D eigenvalue weighted by Gasteiger charge is 2.11. The summed E-state index contributed by atoms with van der Waals surface area (Å²) in [5, 5.41) is 0.776. The predicted molar refractivity (Wildman–Crippen MR) is 84.2 cm³/mol. The summed E-state index contributed by atoms with van der Waals surface area (Å²) in [5.74, 6) is 1.33. The number of aromatic nitrogens is 2. The molecule has 0 amide bonds. The van der Waals surface area contributed by atoms with E-state index < -0.39 is 0 Å². The van der Waals surface area contributed by atoms with E-state index in [9.17, 15) is 0 Å². The fraction of sp³-hybridized carbons (Fsp3) is 0.133. The van der Waals surface area contributed by atoms with E-state index in [1.807, 2.05) is 36.4 Å². The molecule has 0 saturated carbocycles. The Balaban J connectivity index is 1.99. The van der Waals surface area contributed by atoms with E-state index in [2.05, 4.69) is 9.97 Å². The highest BCUT2D eigenvalue weighted by atomic mass is 32.2. The van der Waals surface area contributed by atoms with Crippen molar-refractivity contribution in [2.45, 2.75) is 10.1 Å². The van der Waals surface area contributed by atoms with Crippen molar-refractivity contribution in [2.24, 2.45) is 0 Å². The molecule has 1 aromatic heterocycles. The van der Waals surface area contributed by atoms with Gasteiger partial charge in [-0.25, -0.2) is 4.98 Å².